The van der Waals surface area contributed by atoms with Crippen molar-refractivity contribution in [1.29, 1.82) is 0 Å². The fourth-order valence-electron chi connectivity index (χ4n) is 5.31. The number of nitro benzene ring substituents is 1. The number of hydrogen-bond acceptors (Lipinski definition) is 7. The second kappa shape index (κ2) is 11.4. The Labute approximate surface area is 230 Å². The van der Waals surface area contributed by atoms with Crippen LogP contribution in [-0.2, 0) is 22.7 Å². The molecule has 0 spiro atoms. The molecule has 2 amide bonds. The topological polar surface area (TPSA) is 134 Å². The van der Waals surface area contributed by atoms with Gasteiger partial charge in [0.05, 0.1) is 10.6 Å². The number of cyclic esters (lactones) is 1. The van der Waals surface area contributed by atoms with E-state index in [2.05, 4.69) is 0 Å². The molecule has 0 radical (unpaired) electrons. The zero-order valence-electron chi connectivity index (χ0n) is 21.6. The molecule has 11 heteroatoms. The Balaban J connectivity index is 1.34. The number of para-hydroxylation sites is 1. The fraction of sp³-hybridized carbons (Fsp3) is 0.276. The van der Waals surface area contributed by atoms with Crippen LogP contribution >= 0.6 is 0 Å². The van der Waals surface area contributed by atoms with Crippen LogP contribution in [0.1, 0.15) is 34.3 Å². The number of amides is 2. The van der Waals surface area contributed by atoms with Gasteiger partial charge in [-0.2, -0.15) is 0 Å². The van der Waals surface area contributed by atoms with Gasteiger partial charge in [0.15, 0.2) is 0 Å². The number of fused-ring (bicyclic) bond motifs is 1. The summed E-state index contributed by atoms with van der Waals surface area (Å²) in [6, 6.07) is 20.7. The lowest BCUT2D eigenvalue weighted by Gasteiger charge is -2.40. The van der Waals surface area contributed by atoms with E-state index in [0.29, 0.717) is 31.6 Å². The molecule has 0 aliphatic carbocycles. The monoisotopic (exact) mass is 544 g/mol. The second-order valence-electron chi connectivity index (χ2n) is 9.77. The highest BCUT2D eigenvalue weighted by molar-refractivity contribution is 5.97. The maximum atomic E-state index is 13.3. The van der Waals surface area contributed by atoms with E-state index >= 15 is 0 Å². The summed E-state index contributed by atoms with van der Waals surface area (Å²) in [4.78, 5) is 53.6. The lowest BCUT2D eigenvalue weighted by molar-refractivity contribution is -0.384. The summed E-state index contributed by atoms with van der Waals surface area (Å²) in [7, 11) is 0. The minimum Gasteiger partial charge on any atom is -0.480 e. The number of piperidine rings is 1. The maximum Gasteiger partial charge on any atom is 0.414 e. The van der Waals surface area contributed by atoms with Gasteiger partial charge in [-0.3, -0.25) is 24.6 Å². The van der Waals surface area contributed by atoms with Gasteiger partial charge >= 0.3 is 12.1 Å². The number of carbonyl (C=O) groups excluding carboxylic acids is 2. The van der Waals surface area contributed by atoms with Gasteiger partial charge in [-0.1, -0.05) is 48.5 Å². The molecule has 3 aromatic rings. The number of carbonyl (C=O) groups is 3. The Hall–Kier alpha value is -4.93. The number of carboxylic acid groups (broad SMARTS) is 1. The molecule has 2 heterocycles. The number of nitro groups is 1. The molecule has 206 valence electrons. The van der Waals surface area contributed by atoms with E-state index in [9.17, 15) is 29.6 Å². The summed E-state index contributed by atoms with van der Waals surface area (Å²) in [5.74, 6) is -1.79. The first kappa shape index (κ1) is 26.7. The molecule has 0 unspecified atom stereocenters. The van der Waals surface area contributed by atoms with Crippen LogP contribution in [0.2, 0.25) is 0 Å². The number of aliphatic carboxylic acids is 1. The number of carboxylic acids is 1. The Morgan fingerprint density at radius 2 is 1.70 bits per heavy atom. The molecule has 0 aromatic heterocycles. The second-order valence-corrected chi connectivity index (χ2v) is 9.77. The number of ether oxygens (including phenoxy) is 1. The quantitative estimate of drug-likeness (QED) is 0.325. The van der Waals surface area contributed by atoms with Crippen LogP contribution in [0.5, 0.6) is 0 Å². The molecule has 0 atom stereocenters. The molecule has 2 aliphatic rings. The van der Waals surface area contributed by atoms with Gasteiger partial charge in [0.1, 0.15) is 18.8 Å². The SMILES string of the molecule is O=C(O)CN(Cc1ccccc1)C(=O)c1ccc(N2CCC(N3C(=O)OCc4ccccc43)CC2)c([N+](=O)[O-])c1. The van der Waals surface area contributed by atoms with Crippen LogP contribution in [0.3, 0.4) is 0 Å². The fourth-order valence-corrected chi connectivity index (χ4v) is 5.31. The van der Waals surface area contributed by atoms with Gasteiger partial charge in [0.2, 0.25) is 0 Å². The summed E-state index contributed by atoms with van der Waals surface area (Å²) in [5, 5.41) is 21.4. The molecule has 5 rings (SSSR count). The zero-order valence-corrected chi connectivity index (χ0v) is 21.6. The molecule has 1 fully saturated rings. The molecule has 0 saturated carbocycles. The summed E-state index contributed by atoms with van der Waals surface area (Å²) in [6.45, 7) is 0.667. The first-order chi connectivity index (χ1) is 19.3. The van der Waals surface area contributed by atoms with Crippen LogP contribution in [0, 0.1) is 10.1 Å². The maximum absolute atomic E-state index is 13.3. The molecular formula is C29H28N4O7. The van der Waals surface area contributed by atoms with Gasteiger partial charge in [-0.15, -0.1) is 0 Å². The van der Waals surface area contributed by atoms with Crippen molar-refractivity contribution in [1.82, 2.24) is 4.90 Å². The van der Waals surface area contributed by atoms with E-state index in [1.807, 2.05) is 35.2 Å². The van der Waals surface area contributed by atoms with E-state index < -0.39 is 29.4 Å². The third-order valence-electron chi connectivity index (χ3n) is 7.22. The minimum absolute atomic E-state index is 0.0372. The molecule has 0 bridgehead atoms. The van der Waals surface area contributed by atoms with E-state index in [-0.39, 0.29) is 30.4 Å². The Kier molecular flexibility index (Phi) is 7.63. The zero-order chi connectivity index (χ0) is 28.2. The van der Waals surface area contributed by atoms with E-state index in [1.54, 1.807) is 29.2 Å². The Bertz CT molecular complexity index is 1440. The number of anilines is 2. The van der Waals surface area contributed by atoms with Crippen molar-refractivity contribution in [2.75, 3.05) is 29.4 Å². The van der Waals surface area contributed by atoms with Crippen molar-refractivity contribution >= 4 is 35.0 Å². The van der Waals surface area contributed by atoms with Crippen LogP contribution in [-0.4, -0.2) is 58.6 Å². The van der Waals surface area contributed by atoms with Gasteiger partial charge in [-0.05, 0) is 36.6 Å². The van der Waals surface area contributed by atoms with Crippen molar-refractivity contribution in [2.45, 2.75) is 32.0 Å². The molecule has 3 aromatic carbocycles. The molecular weight excluding hydrogens is 516 g/mol. The normalized spacial score (nSPS) is 15.2. The van der Waals surface area contributed by atoms with E-state index in [1.165, 1.54) is 18.2 Å². The summed E-state index contributed by atoms with van der Waals surface area (Å²) >= 11 is 0. The van der Waals surface area contributed by atoms with Gasteiger partial charge in [0, 0.05) is 42.9 Å². The lowest BCUT2D eigenvalue weighted by atomic mass is 9.99. The number of benzene rings is 3. The molecule has 11 nitrogen and oxygen atoms in total. The van der Waals surface area contributed by atoms with Crippen molar-refractivity contribution in [3.8, 4) is 0 Å². The first-order valence-electron chi connectivity index (χ1n) is 12.9. The molecule has 1 N–H and O–H groups in total. The van der Waals surface area contributed by atoms with Crippen LogP contribution in [0.4, 0.5) is 21.9 Å². The van der Waals surface area contributed by atoms with Gasteiger partial charge < -0.3 is 19.6 Å². The first-order valence-corrected chi connectivity index (χ1v) is 12.9. The van der Waals surface area contributed by atoms with E-state index in [4.69, 9.17) is 4.74 Å². The highest BCUT2D eigenvalue weighted by Crippen LogP contribution is 2.35. The van der Waals surface area contributed by atoms with E-state index in [0.717, 1.165) is 21.7 Å². The highest BCUT2D eigenvalue weighted by Gasteiger charge is 2.35. The summed E-state index contributed by atoms with van der Waals surface area (Å²) < 4.78 is 5.36. The number of hydrogen-bond donors (Lipinski definition) is 1. The van der Waals surface area contributed by atoms with Crippen LogP contribution in [0.15, 0.2) is 72.8 Å². The summed E-state index contributed by atoms with van der Waals surface area (Å²) in [5.41, 5.74) is 2.68. The summed E-state index contributed by atoms with van der Waals surface area (Å²) in [6.07, 6.45) is 0.752. The van der Waals surface area contributed by atoms with Crippen LogP contribution in [0.25, 0.3) is 0 Å². The van der Waals surface area contributed by atoms with Gasteiger partial charge in [0.25, 0.3) is 11.6 Å². The van der Waals surface area contributed by atoms with Crippen molar-refractivity contribution < 1.29 is 29.2 Å². The van der Waals surface area contributed by atoms with Crippen LogP contribution < -0.4 is 9.80 Å². The predicted octanol–water partition coefficient (Wildman–Crippen LogP) is 4.45. The van der Waals surface area contributed by atoms with Crippen molar-refractivity contribution in [3.63, 3.8) is 0 Å². The predicted molar refractivity (Wildman–Crippen MR) is 146 cm³/mol. The average Bonchev–Trinajstić information content (AvgIpc) is 2.96. The minimum atomic E-state index is -1.18. The number of nitrogens with zero attached hydrogens (tertiary/aromatic N) is 4. The number of rotatable bonds is 8. The van der Waals surface area contributed by atoms with Gasteiger partial charge in [-0.25, -0.2) is 4.79 Å². The smallest absolute Gasteiger partial charge is 0.414 e. The average molecular weight is 545 g/mol. The van der Waals surface area contributed by atoms with Crippen molar-refractivity contribution in [2.24, 2.45) is 0 Å². The standard InChI is InChI=1S/C29H28N4O7/c34-27(35)18-31(17-20-6-2-1-3-7-20)28(36)21-10-11-25(26(16-21)33(38)39)30-14-12-23(13-15-30)32-24-9-5-4-8-22(24)19-40-29(32)37/h1-11,16,23H,12-15,17-19H2,(H,34,35). The largest absolute Gasteiger partial charge is 0.480 e. The lowest BCUT2D eigenvalue weighted by Crippen LogP contribution is -2.49. The molecule has 1 saturated heterocycles. The third kappa shape index (κ3) is 5.58. The highest BCUT2D eigenvalue weighted by atomic mass is 16.6. The Morgan fingerprint density at radius 1 is 1.00 bits per heavy atom. The Morgan fingerprint density at radius 3 is 2.40 bits per heavy atom. The third-order valence-corrected chi connectivity index (χ3v) is 7.22. The molecule has 2 aliphatic heterocycles. The molecule has 40 heavy (non-hydrogen) atoms. The van der Waals surface area contributed by atoms with Crippen molar-refractivity contribution in [3.05, 3.63) is 99.6 Å².